The lowest BCUT2D eigenvalue weighted by Gasteiger charge is -2.23. The highest BCUT2D eigenvalue weighted by molar-refractivity contribution is 5.27. The molecule has 1 aliphatic rings. The van der Waals surface area contributed by atoms with Crippen molar-refractivity contribution in [2.24, 2.45) is 0 Å². The van der Waals surface area contributed by atoms with Gasteiger partial charge in [0.15, 0.2) is 0 Å². The molecule has 0 spiro atoms. The number of aryl methyl sites for hydroxylation is 2. The highest BCUT2D eigenvalue weighted by Gasteiger charge is 2.18. The zero-order valence-corrected chi connectivity index (χ0v) is 12.6. The zero-order valence-electron chi connectivity index (χ0n) is 12.6. The Labute approximate surface area is 126 Å². The first-order chi connectivity index (χ1) is 10.4. The Hall–Kier alpha value is -1.81. The van der Waals surface area contributed by atoms with Gasteiger partial charge in [0.1, 0.15) is 5.75 Å². The summed E-state index contributed by atoms with van der Waals surface area (Å²) in [6.07, 6.45) is 7.48. The maximum atomic E-state index is 5.20. The van der Waals surface area contributed by atoms with Gasteiger partial charge in [0.2, 0.25) is 0 Å². The third kappa shape index (κ3) is 3.45. The van der Waals surface area contributed by atoms with Crippen molar-refractivity contribution in [3.63, 3.8) is 0 Å². The van der Waals surface area contributed by atoms with Crippen molar-refractivity contribution in [3.05, 3.63) is 48.0 Å². The fraction of sp³-hybridized carbons (Fsp3) is 0.471. The number of ether oxygens (including phenoxy) is 1. The molecule has 21 heavy (non-hydrogen) atoms. The Bertz CT molecular complexity index is 556. The summed E-state index contributed by atoms with van der Waals surface area (Å²) in [7, 11) is 1.70. The van der Waals surface area contributed by atoms with Crippen LogP contribution in [0.5, 0.6) is 5.75 Å². The molecular weight excluding hydrogens is 262 g/mol. The monoisotopic (exact) mass is 285 g/mol. The number of rotatable bonds is 5. The highest BCUT2D eigenvalue weighted by atomic mass is 16.5. The Kier molecular flexibility index (Phi) is 4.55. The number of piperidine rings is 1. The smallest absolute Gasteiger partial charge is 0.118 e. The van der Waals surface area contributed by atoms with Gasteiger partial charge in [-0.15, -0.1) is 0 Å². The quantitative estimate of drug-likeness (QED) is 0.918. The lowest BCUT2D eigenvalue weighted by atomic mass is 9.95. The van der Waals surface area contributed by atoms with Crippen LogP contribution in [0, 0.1) is 0 Å². The summed E-state index contributed by atoms with van der Waals surface area (Å²) < 4.78 is 7.52. The van der Waals surface area contributed by atoms with Crippen molar-refractivity contribution < 1.29 is 4.74 Å². The number of aromatic nitrogens is 2. The fourth-order valence-corrected chi connectivity index (χ4v) is 3.02. The van der Waals surface area contributed by atoms with Crippen LogP contribution in [0.3, 0.4) is 0 Å². The number of hydrogen-bond donors (Lipinski definition) is 1. The molecule has 1 fully saturated rings. The van der Waals surface area contributed by atoms with Crippen molar-refractivity contribution in [1.29, 1.82) is 0 Å². The van der Waals surface area contributed by atoms with Crippen LogP contribution in [-0.4, -0.2) is 29.8 Å². The average Bonchev–Trinajstić information content (AvgIpc) is 3.03. The molecule has 1 N–H and O–H groups in total. The van der Waals surface area contributed by atoms with Crippen LogP contribution in [0.2, 0.25) is 0 Å². The molecule has 0 unspecified atom stereocenters. The molecule has 0 atom stereocenters. The molecule has 3 rings (SSSR count). The molecule has 1 saturated heterocycles. The lowest BCUT2D eigenvalue weighted by Crippen LogP contribution is -2.27. The third-order valence-corrected chi connectivity index (χ3v) is 4.30. The van der Waals surface area contributed by atoms with E-state index in [1.807, 2.05) is 24.7 Å². The number of nitrogens with zero attached hydrogens (tertiary/aromatic N) is 2. The summed E-state index contributed by atoms with van der Waals surface area (Å²) in [5.41, 5.74) is 2.73. The Balaban J connectivity index is 1.63. The third-order valence-electron chi connectivity index (χ3n) is 4.30. The number of hydrogen-bond acceptors (Lipinski definition) is 3. The van der Waals surface area contributed by atoms with E-state index < -0.39 is 0 Å². The second-order valence-electron chi connectivity index (χ2n) is 5.63. The first-order valence-electron chi connectivity index (χ1n) is 7.70. The summed E-state index contributed by atoms with van der Waals surface area (Å²) in [4.78, 5) is 4.36. The van der Waals surface area contributed by atoms with E-state index in [0.717, 1.165) is 31.8 Å². The van der Waals surface area contributed by atoms with Gasteiger partial charge < -0.3 is 14.6 Å². The predicted molar refractivity (Wildman–Crippen MR) is 83.8 cm³/mol. The zero-order chi connectivity index (χ0) is 14.5. The van der Waals surface area contributed by atoms with Gasteiger partial charge in [0.25, 0.3) is 0 Å². The van der Waals surface area contributed by atoms with Crippen LogP contribution in [-0.2, 0) is 13.0 Å². The van der Waals surface area contributed by atoms with E-state index in [0.29, 0.717) is 5.92 Å². The molecule has 4 nitrogen and oxygen atoms in total. The van der Waals surface area contributed by atoms with Crippen LogP contribution in [0.15, 0.2) is 36.8 Å². The lowest BCUT2D eigenvalue weighted by molar-refractivity contribution is 0.414. The molecule has 1 aromatic heterocycles. The molecule has 0 bridgehead atoms. The second-order valence-corrected chi connectivity index (χ2v) is 5.63. The van der Waals surface area contributed by atoms with Crippen molar-refractivity contribution in [1.82, 2.24) is 14.9 Å². The largest absolute Gasteiger partial charge is 0.497 e. The first-order valence-corrected chi connectivity index (χ1v) is 7.70. The number of benzene rings is 1. The van der Waals surface area contributed by atoms with E-state index in [-0.39, 0.29) is 0 Å². The Morgan fingerprint density at radius 1 is 1.24 bits per heavy atom. The highest BCUT2D eigenvalue weighted by Crippen LogP contribution is 2.25. The topological polar surface area (TPSA) is 39.1 Å². The van der Waals surface area contributed by atoms with E-state index in [1.54, 1.807) is 7.11 Å². The molecule has 2 aromatic rings. The minimum absolute atomic E-state index is 0.657. The fourth-order valence-electron chi connectivity index (χ4n) is 3.02. The molecule has 0 radical (unpaired) electrons. The van der Waals surface area contributed by atoms with Crippen molar-refractivity contribution >= 4 is 0 Å². The minimum Gasteiger partial charge on any atom is -0.497 e. The van der Waals surface area contributed by atoms with Gasteiger partial charge in [-0.3, -0.25) is 0 Å². The number of methoxy groups -OCH3 is 1. The van der Waals surface area contributed by atoms with E-state index >= 15 is 0 Å². The van der Waals surface area contributed by atoms with E-state index in [4.69, 9.17) is 4.74 Å². The maximum Gasteiger partial charge on any atom is 0.118 e. The van der Waals surface area contributed by atoms with Crippen LogP contribution >= 0.6 is 0 Å². The van der Waals surface area contributed by atoms with Crippen LogP contribution < -0.4 is 10.1 Å². The molecule has 0 saturated carbocycles. The van der Waals surface area contributed by atoms with Crippen LogP contribution in [0.4, 0.5) is 0 Å². The predicted octanol–water partition coefficient (Wildman–Crippen LogP) is 2.60. The van der Waals surface area contributed by atoms with Gasteiger partial charge in [-0.05, 0) is 50.0 Å². The summed E-state index contributed by atoms with van der Waals surface area (Å²) in [5.74, 6) is 1.57. The average molecular weight is 285 g/mol. The van der Waals surface area contributed by atoms with E-state index in [9.17, 15) is 0 Å². The van der Waals surface area contributed by atoms with Gasteiger partial charge in [0, 0.05) is 24.4 Å². The first kappa shape index (κ1) is 14.1. The van der Waals surface area contributed by atoms with Crippen LogP contribution in [0.1, 0.15) is 30.0 Å². The summed E-state index contributed by atoms with van der Waals surface area (Å²) in [6.45, 7) is 3.23. The van der Waals surface area contributed by atoms with Crippen molar-refractivity contribution in [2.75, 3.05) is 20.2 Å². The molecule has 0 amide bonds. The maximum absolute atomic E-state index is 5.20. The molecule has 2 heterocycles. The van der Waals surface area contributed by atoms with Gasteiger partial charge >= 0.3 is 0 Å². The van der Waals surface area contributed by atoms with Gasteiger partial charge in [-0.2, -0.15) is 0 Å². The van der Waals surface area contributed by atoms with Crippen molar-refractivity contribution in [3.8, 4) is 5.75 Å². The molecule has 1 aliphatic heterocycles. The summed E-state index contributed by atoms with van der Waals surface area (Å²) in [5, 5.41) is 3.42. The van der Waals surface area contributed by atoms with Crippen molar-refractivity contribution in [2.45, 2.75) is 31.7 Å². The molecule has 0 aliphatic carbocycles. The minimum atomic E-state index is 0.657. The Morgan fingerprint density at radius 3 is 2.71 bits per heavy atom. The number of imidazole rings is 1. The normalized spacial score (nSPS) is 16.0. The molecular formula is C17H23N3O. The van der Waals surface area contributed by atoms with Gasteiger partial charge in [0.05, 0.1) is 13.4 Å². The molecule has 1 aromatic carbocycles. The van der Waals surface area contributed by atoms with E-state index in [1.165, 1.54) is 24.1 Å². The summed E-state index contributed by atoms with van der Waals surface area (Å²) >= 11 is 0. The molecule has 112 valence electrons. The standard InChI is InChI=1S/C17H23N3O/c1-21-16-4-2-14(3-5-16)8-11-20-13-19-12-17(20)15-6-9-18-10-7-15/h2-5,12-13,15,18H,6-11H2,1H3. The Morgan fingerprint density at radius 2 is 2.00 bits per heavy atom. The number of nitrogens with one attached hydrogen (secondary N) is 1. The van der Waals surface area contributed by atoms with Gasteiger partial charge in [-0.25, -0.2) is 4.98 Å². The van der Waals surface area contributed by atoms with Gasteiger partial charge in [-0.1, -0.05) is 12.1 Å². The SMILES string of the molecule is COc1ccc(CCn2cncc2C2CCNCC2)cc1. The van der Waals surface area contributed by atoms with E-state index in [2.05, 4.69) is 27.0 Å². The summed E-state index contributed by atoms with van der Waals surface area (Å²) in [6, 6.07) is 8.33. The van der Waals surface area contributed by atoms with Crippen LogP contribution in [0.25, 0.3) is 0 Å². The molecule has 4 heteroatoms. The second kappa shape index (κ2) is 6.76.